The van der Waals surface area contributed by atoms with Crippen molar-refractivity contribution >= 4 is 12.6 Å². The Balaban J connectivity index is 4.06. The van der Waals surface area contributed by atoms with Gasteiger partial charge in [0.15, 0.2) is 0 Å². The molecule has 0 rings (SSSR count). The van der Waals surface area contributed by atoms with Gasteiger partial charge in [-0.1, -0.05) is 59.8 Å². The lowest BCUT2D eigenvalue weighted by molar-refractivity contribution is 0.344. The molecule has 0 amide bonds. The molecule has 92 valence electrons. The Labute approximate surface area is 103 Å². The van der Waals surface area contributed by atoms with E-state index in [9.17, 15) is 0 Å². The van der Waals surface area contributed by atoms with Crippen molar-refractivity contribution in [1.29, 1.82) is 0 Å². The summed E-state index contributed by atoms with van der Waals surface area (Å²) in [5.41, 5.74) is 0. The Kier molecular flexibility index (Phi) is 9.79. The fourth-order valence-electron chi connectivity index (χ4n) is 2.12. The molecule has 0 aliphatic rings. The summed E-state index contributed by atoms with van der Waals surface area (Å²) in [5, 5.41) is 0.619. The summed E-state index contributed by atoms with van der Waals surface area (Å²) in [7, 11) is 0. The van der Waals surface area contributed by atoms with Crippen molar-refractivity contribution in [3.05, 3.63) is 0 Å². The Morgan fingerprint density at radius 2 is 1.40 bits per heavy atom. The van der Waals surface area contributed by atoms with Gasteiger partial charge >= 0.3 is 0 Å². The minimum Gasteiger partial charge on any atom is -0.175 e. The molecule has 0 aromatic heterocycles. The van der Waals surface area contributed by atoms with E-state index in [1.165, 1.54) is 44.9 Å². The summed E-state index contributed by atoms with van der Waals surface area (Å²) < 4.78 is 0. The zero-order valence-electron chi connectivity index (χ0n) is 11.1. The molecule has 2 unspecified atom stereocenters. The van der Waals surface area contributed by atoms with Gasteiger partial charge in [0.05, 0.1) is 0 Å². The topological polar surface area (TPSA) is 0 Å². The van der Waals surface area contributed by atoms with Gasteiger partial charge in [0.1, 0.15) is 0 Å². The van der Waals surface area contributed by atoms with Crippen molar-refractivity contribution in [3.63, 3.8) is 0 Å². The van der Waals surface area contributed by atoms with Crippen molar-refractivity contribution in [3.8, 4) is 0 Å². The molecular weight excluding hydrogens is 200 g/mol. The highest BCUT2D eigenvalue weighted by atomic mass is 32.1. The van der Waals surface area contributed by atoms with Crippen LogP contribution in [-0.4, -0.2) is 5.25 Å². The largest absolute Gasteiger partial charge is 0.175 e. The van der Waals surface area contributed by atoms with Crippen LogP contribution in [0.2, 0.25) is 0 Å². The third-order valence-electron chi connectivity index (χ3n) is 3.57. The summed E-state index contributed by atoms with van der Waals surface area (Å²) in [6.45, 7) is 9.20. The SMILES string of the molecule is CCCCC(CCCC)C(S)C(C)CC. The van der Waals surface area contributed by atoms with Gasteiger partial charge in [-0.05, 0) is 24.7 Å². The van der Waals surface area contributed by atoms with E-state index >= 15 is 0 Å². The van der Waals surface area contributed by atoms with Crippen LogP contribution in [-0.2, 0) is 0 Å². The highest BCUT2D eigenvalue weighted by molar-refractivity contribution is 7.81. The molecule has 0 saturated heterocycles. The third-order valence-corrected chi connectivity index (χ3v) is 4.50. The summed E-state index contributed by atoms with van der Waals surface area (Å²) in [6.07, 6.45) is 9.43. The monoisotopic (exact) mass is 230 g/mol. The van der Waals surface area contributed by atoms with E-state index in [-0.39, 0.29) is 0 Å². The highest BCUT2D eigenvalue weighted by Crippen LogP contribution is 2.29. The Morgan fingerprint density at radius 3 is 1.73 bits per heavy atom. The minimum absolute atomic E-state index is 0.619. The van der Waals surface area contributed by atoms with Crippen LogP contribution in [0.5, 0.6) is 0 Å². The van der Waals surface area contributed by atoms with Gasteiger partial charge in [-0.2, -0.15) is 12.6 Å². The van der Waals surface area contributed by atoms with Gasteiger partial charge in [-0.3, -0.25) is 0 Å². The Morgan fingerprint density at radius 1 is 0.933 bits per heavy atom. The zero-order valence-corrected chi connectivity index (χ0v) is 12.0. The van der Waals surface area contributed by atoms with E-state index < -0.39 is 0 Å². The molecule has 0 bridgehead atoms. The molecule has 0 saturated carbocycles. The van der Waals surface area contributed by atoms with Crippen LogP contribution in [0.4, 0.5) is 0 Å². The fourth-order valence-corrected chi connectivity index (χ4v) is 2.63. The van der Waals surface area contributed by atoms with Crippen molar-refractivity contribution < 1.29 is 0 Å². The number of hydrogen-bond donors (Lipinski definition) is 1. The van der Waals surface area contributed by atoms with E-state index in [1.807, 2.05) is 0 Å². The fraction of sp³-hybridized carbons (Fsp3) is 1.00. The van der Waals surface area contributed by atoms with Crippen molar-refractivity contribution in [2.24, 2.45) is 11.8 Å². The lowest BCUT2D eigenvalue weighted by atomic mass is 9.86. The van der Waals surface area contributed by atoms with E-state index in [4.69, 9.17) is 12.6 Å². The van der Waals surface area contributed by atoms with Crippen LogP contribution in [0.3, 0.4) is 0 Å². The molecule has 0 fully saturated rings. The first-order chi connectivity index (χ1) is 7.17. The van der Waals surface area contributed by atoms with E-state index in [1.54, 1.807) is 0 Å². The van der Waals surface area contributed by atoms with Crippen molar-refractivity contribution in [2.45, 2.75) is 77.9 Å². The minimum atomic E-state index is 0.619. The van der Waals surface area contributed by atoms with Crippen LogP contribution >= 0.6 is 12.6 Å². The lowest BCUT2D eigenvalue weighted by Crippen LogP contribution is -2.22. The maximum Gasteiger partial charge on any atom is 0.00706 e. The maximum absolute atomic E-state index is 4.85. The normalized spacial score (nSPS) is 15.6. The van der Waals surface area contributed by atoms with E-state index in [0.29, 0.717) is 5.25 Å². The molecule has 0 aromatic rings. The molecule has 0 N–H and O–H groups in total. The van der Waals surface area contributed by atoms with Gasteiger partial charge in [0.25, 0.3) is 0 Å². The second kappa shape index (κ2) is 9.57. The van der Waals surface area contributed by atoms with E-state index in [0.717, 1.165) is 11.8 Å². The summed E-state index contributed by atoms with van der Waals surface area (Å²) >= 11 is 4.85. The van der Waals surface area contributed by atoms with Gasteiger partial charge in [-0.15, -0.1) is 0 Å². The Bertz CT molecular complexity index is 125. The molecule has 0 heterocycles. The molecule has 2 atom stereocenters. The second-order valence-corrected chi connectivity index (χ2v) is 5.52. The van der Waals surface area contributed by atoms with Gasteiger partial charge in [0.2, 0.25) is 0 Å². The summed E-state index contributed by atoms with van der Waals surface area (Å²) in [6, 6.07) is 0. The number of rotatable bonds is 9. The first-order valence-corrected chi connectivity index (χ1v) is 7.36. The first-order valence-electron chi connectivity index (χ1n) is 6.85. The lowest BCUT2D eigenvalue weighted by Gasteiger charge is -2.27. The maximum atomic E-state index is 4.85. The smallest absolute Gasteiger partial charge is 0.00706 e. The van der Waals surface area contributed by atoms with Gasteiger partial charge < -0.3 is 0 Å². The third kappa shape index (κ3) is 6.50. The second-order valence-electron chi connectivity index (χ2n) is 4.92. The highest BCUT2D eigenvalue weighted by Gasteiger charge is 2.21. The van der Waals surface area contributed by atoms with Crippen molar-refractivity contribution in [2.75, 3.05) is 0 Å². The molecule has 0 aromatic carbocycles. The number of thiol groups is 1. The number of unbranched alkanes of at least 4 members (excludes halogenated alkanes) is 2. The zero-order chi connectivity index (χ0) is 11.7. The van der Waals surface area contributed by atoms with Crippen LogP contribution < -0.4 is 0 Å². The molecular formula is C14H30S. The average molecular weight is 230 g/mol. The van der Waals surface area contributed by atoms with Crippen LogP contribution in [0.1, 0.15) is 72.6 Å². The van der Waals surface area contributed by atoms with Crippen LogP contribution in [0.25, 0.3) is 0 Å². The standard InChI is InChI=1S/C14H30S/c1-5-8-10-13(11-9-6-2)14(15)12(4)7-3/h12-15H,5-11H2,1-4H3. The molecule has 0 aliphatic heterocycles. The van der Waals surface area contributed by atoms with Gasteiger partial charge in [-0.25, -0.2) is 0 Å². The van der Waals surface area contributed by atoms with E-state index in [2.05, 4.69) is 27.7 Å². The summed E-state index contributed by atoms with van der Waals surface area (Å²) in [5.74, 6) is 1.62. The summed E-state index contributed by atoms with van der Waals surface area (Å²) in [4.78, 5) is 0. The predicted molar refractivity (Wildman–Crippen MR) is 74.8 cm³/mol. The van der Waals surface area contributed by atoms with Gasteiger partial charge in [0, 0.05) is 5.25 Å². The first kappa shape index (κ1) is 15.3. The number of hydrogen-bond acceptors (Lipinski definition) is 1. The predicted octanol–water partition coefficient (Wildman–Crippen LogP) is 5.33. The molecule has 0 nitrogen and oxygen atoms in total. The Hall–Kier alpha value is 0.350. The van der Waals surface area contributed by atoms with Crippen LogP contribution in [0, 0.1) is 11.8 Å². The van der Waals surface area contributed by atoms with Crippen LogP contribution in [0.15, 0.2) is 0 Å². The molecule has 0 aliphatic carbocycles. The van der Waals surface area contributed by atoms with Crippen molar-refractivity contribution in [1.82, 2.24) is 0 Å². The molecule has 0 radical (unpaired) electrons. The average Bonchev–Trinajstić information content (AvgIpc) is 2.27. The molecule has 0 spiro atoms. The molecule has 15 heavy (non-hydrogen) atoms. The molecule has 1 heteroatoms. The quantitative estimate of drug-likeness (QED) is 0.509.